The summed E-state index contributed by atoms with van der Waals surface area (Å²) >= 11 is 0. The first-order valence-corrected chi connectivity index (χ1v) is 6.71. The van der Waals surface area contributed by atoms with Gasteiger partial charge in [0.15, 0.2) is 11.5 Å². The van der Waals surface area contributed by atoms with E-state index in [0.717, 1.165) is 5.56 Å². The number of methoxy groups -OCH3 is 2. The van der Waals surface area contributed by atoms with Crippen LogP contribution in [0.15, 0.2) is 36.5 Å². The normalized spacial score (nSPS) is 11.8. The summed E-state index contributed by atoms with van der Waals surface area (Å²) in [5, 5.41) is 3.17. The van der Waals surface area contributed by atoms with E-state index in [0.29, 0.717) is 23.1 Å². The van der Waals surface area contributed by atoms with E-state index < -0.39 is 0 Å². The SMILES string of the molecule is CNC(C)c1ccc(Oc2c(OC)cccc2OC)nc1. The van der Waals surface area contributed by atoms with E-state index >= 15 is 0 Å². The summed E-state index contributed by atoms with van der Waals surface area (Å²) in [6.07, 6.45) is 1.79. The first kappa shape index (κ1) is 15.1. The van der Waals surface area contributed by atoms with Crippen LogP contribution < -0.4 is 19.5 Å². The third kappa shape index (κ3) is 3.44. The Morgan fingerprint density at radius 1 is 1.05 bits per heavy atom. The number of hydrogen-bond donors (Lipinski definition) is 1. The molecular weight excluding hydrogens is 268 g/mol. The summed E-state index contributed by atoms with van der Waals surface area (Å²) in [6, 6.07) is 9.52. The minimum Gasteiger partial charge on any atom is -0.493 e. The Hall–Kier alpha value is -2.27. The maximum atomic E-state index is 5.81. The first-order chi connectivity index (χ1) is 10.2. The van der Waals surface area contributed by atoms with E-state index in [1.54, 1.807) is 20.4 Å². The number of para-hydroxylation sites is 1. The van der Waals surface area contributed by atoms with Crippen LogP contribution in [0.25, 0.3) is 0 Å². The molecule has 0 aliphatic carbocycles. The Bertz CT molecular complexity index is 562. The highest BCUT2D eigenvalue weighted by atomic mass is 16.5. The minimum atomic E-state index is 0.243. The topological polar surface area (TPSA) is 52.6 Å². The van der Waals surface area contributed by atoms with Gasteiger partial charge in [-0.25, -0.2) is 4.98 Å². The molecule has 0 amide bonds. The lowest BCUT2D eigenvalue weighted by Crippen LogP contribution is -2.12. The van der Waals surface area contributed by atoms with Crippen LogP contribution in [0.1, 0.15) is 18.5 Å². The zero-order valence-electron chi connectivity index (χ0n) is 12.7. The molecule has 0 saturated carbocycles. The molecule has 1 unspecified atom stereocenters. The molecule has 1 N–H and O–H groups in total. The molecule has 0 saturated heterocycles. The maximum absolute atomic E-state index is 5.81. The monoisotopic (exact) mass is 288 g/mol. The van der Waals surface area contributed by atoms with Crippen molar-refractivity contribution in [3.05, 3.63) is 42.1 Å². The molecule has 0 bridgehead atoms. The molecule has 112 valence electrons. The van der Waals surface area contributed by atoms with Crippen molar-refractivity contribution in [2.45, 2.75) is 13.0 Å². The van der Waals surface area contributed by atoms with Gasteiger partial charge in [0.05, 0.1) is 14.2 Å². The van der Waals surface area contributed by atoms with E-state index in [-0.39, 0.29) is 6.04 Å². The van der Waals surface area contributed by atoms with Gasteiger partial charge in [0.25, 0.3) is 0 Å². The van der Waals surface area contributed by atoms with Gasteiger partial charge in [0.2, 0.25) is 11.6 Å². The Morgan fingerprint density at radius 2 is 1.71 bits per heavy atom. The van der Waals surface area contributed by atoms with Gasteiger partial charge in [-0.15, -0.1) is 0 Å². The smallest absolute Gasteiger partial charge is 0.219 e. The van der Waals surface area contributed by atoms with Gasteiger partial charge in [-0.05, 0) is 31.7 Å². The van der Waals surface area contributed by atoms with Gasteiger partial charge >= 0.3 is 0 Å². The Labute approximate surface area is 124 Å². The molecular formula is C16H20N2O3. The third-order valence-corrected chi connectivity index (χ3v) is 3.28. The molecule has 21 heavy (non-hydrogen) atoms. The molecule has 0 aliphatic rings. The van der Waals surface area contributed by atoms with Crippen LogP contribution in [-0.2, 0) is 0 Å². The van der Waals surface area contributed by atoms with E-state index in [4.69, 9.17) is 14.2 Å². The van der Waals surface area contributed by atoms with Crippen molar-refractivity contribution in [1.82, 2.24) is 10.3 Å². The molecule has 1 atom stereocenters. The van der Waals surface area contributed by atoms with Crippen LogP contribution in [0, 0.1) is 0 Å². The predicted molar refractivity (Wildman–Crippen MR) is 81.3 cm³/mol. The second kappa shape index (κ2) is 6.95. The maximum Gasteiger partial charge on any atom is 0.219 e. The highest BCUT2D eigenvalue weighted by Gasteiger charge is 2.13. The van der Waals surface area contributed by atoms with Crippen molar-refractivity contribution in [3.8, 4) is 23.1 Å². The molecule has 5 nitrogen and oxygen atoms in total. The fourth-order valence-electron chi connectivity index (χ4n) is 1.90. The molecule has 5 heteroatoms. The van der Waals surface area contributed by atoms with Gasteiger partial charge in [0, 0.05) is 18.3 Å². The number of aromatic nitrogens is 1. The second-order valence-corrected chi connectivity index (χ2v) is 4.53. The Kier molecular flexibility index (Phi) is 5.00. The lowest BCUT2D eigenvalue weighted by molar-refractivity contribution is 0.342. The summed E-state index contributed by atoms with van der Waals surface area (Å²) in [7, 11) is 5.09. The van der Waals surface area contributed by atoms with Crippen LogP contribution in [-0.4, -0.2) is 26.3 Å². The van der Waals surface area contributed by atoms with Crippen molar-refractivity contribution < 1.29 is 14.2 Å². The summed E-state index contributed by atoms with van der Waals surface area (Å²) in [6.45, 7) is 2.07. The van der Waals surface area contributed by atoms with Crippen molar-refractivity contribution in [1.29, 1.82) is 0 Å². The van der Waals surface area contributed by atoms with E-state index in [1.165, 1.54) is 0 Å². The fraction of sp³-hybridized carbons (Fsp3) is 0.312. The van der Waals surface area contributed by atoms with Crippen LogP contribution in [0.3, 0.4) is 0 Å². The number of ether oxygens (including phenoxy) is 3. The summed E-state index contributed by atoms with van der Waals surface area (Å²) in [5.74, 6) is 2.21. The largest absolute Gasteiger partial charge is 0.493 e. The lowest BCUT2D eigenvalue weighted by atomic mass is 10.1. The Balaban J connectivity index is 2.26. The summed E-state index contributed by atoms with van der Waals surface area (Å²) in [5.41, 5.74) is 1.09. The molecule has 0 aliphatic heterocycles. The summed E-state index contributed by atoms with van der Waals surface area (Å²) < 4.78 is 16.4. The summed E-state index contributed by atoms with van der Waals surface area (Å²) in [4.78, 5) is 4.32. The van der Waals surface area contributed by atoms with Crippen LogP contribution in [0.2, 0.25) is 0 Å². The van der Waals surface area contributed by atoms with Crippen molar-refractivity contribution in [3.63, 3.8) is 0 Å². The van der Waals surface area contributed by atoms with E-state index in [2.05, 4.69) is 17.2 Å². The number of nitrogens with zero attached hydrogens (tertiary/aromatic N) is 1. The molecule has 1 aromatic carbocycles. The van der Waals surface area contributed by atoms with E-state index in [1.807, 2.05) is 37.4 Å². The van der Waals surface area contributed by atoms with Gasteiger partial charge in [0.1, 0.15) is 0 Å². The van der Waals surface area contributed by atoms with Crippen LogP contribution in [0.5, 0.6) is 23.1 Å². The van der Waals surface area contributed by atoms with Gasteiger partial charge in [-0.1, -0.05) is 12.1 Å². The average Bonchev–Trinajstić information content (AvgIpc) is 2.55. The van der Waals surface area contributed by atoms with E-state index in [9.17, 15) is 0 Å². The number of rotatable bonds is 6. The lowest BCUT2D eigenvalue weighted by Gasteiger charge is -2.14. The zero-order valence-corrected chi connectivity index (χ0v) is 12.7. The number of nitrogens with one attached hydrogen (secondary N) is 1. The molecule has 1 aromatic heterocycles. The molecule has 2 rings (SSSR count). The molecule has 0 spiro atoms. The molecule has 0 radical (unpaired) electrons. The molecule has 1 heterocycles. The zero-order chi connectivity index (χ0) is 15.2. The van der Waals surface area contributed by atoms with Gasteiger partial charge in [-0.3, -0.25) is 0 Å². The molecule has 0 fully saturated rings. The highest BCUT2D eigenvalue weighted by molar-refractivity contribution is 5.52. The number of benzene rings is 1. The minimum absolute atomic E-state index is 0.243. The quantitative estimate of drug-likeness (QED) is 0.884. The van der Waals surface area contributed by atoms with Gasteiger partial charge in [-0.2, -0.15) is 0 Å². The van der Waals surface area contributed by atoms with Crippen molar-refractivity contribution in [2.75, 3.05) is 21.3 Å². The molecule has 2 aromatic rings. The third-order valence-electron chi connectivity index (χ3n) is 3.28. The fourth-order valence-corrected chi connectivity index (χ4v) is 1.90. The van der Waals surface area contributed by atoms with Gasteiger partial charge < -0.3 is 19.5 Å². The first-order valence-electron chi connectivity index (χ1n) is 6.71. The van der Waals surface area contributed by atoms with Crippen molar-refractivity contribution >= 4 is 0 Å². The highest BCUT2D eigenvalue weighted by Crippen LogP contribution is 2.39. The number of hydrogen-bond acceptors (Lipinski definition) is 5. The van der Waals surface area contributed by atoms with Crippen molar-refractivity contribution in [2.24, 2.45) is 0 Å². The Morgan fingerprint density at radius 3 is 2.19 bits per heavy atom. The predicted octanol–water partition coefficient (Wildman–Crippen LogP) is 3.17. The average molecular weight is 288 g/mol. The standard InChI is InChI=1S/C16H20N2O3/c1-11(17-2)12-8-9-15(18-10-12)21-16-13(19-3)6-5-7-14(16)20-4/h5-11,17H,1-4H3. The number of pyridine rings is 1. The van der Waals surface area contributed by atoms with Crippen LogP contribution >= 0.6 is 0 Å². The second-order valence-electron chi connectivity index (χ2n) is 4.53. The van der Waals surface area contributed by atoms with Crippen LogP contribution in [0.4, 0.5) is 0 Å².